The molecule has 0 amide bonds. The van der Waals surface area contributed by atoms with Crippen molar-refractivity contribution < 1.29 is 12.8 Å². The zero-order valence-electron chi connectivity index (χ0n) is 5.13. The first-order valence-corrected chi connectivity index (χ1v) is 5.14. The first-order chi connectivity index (χ1) is 4.52. The lowest BCUT2D eigenvalue weighted by atomic mass is 10.4. The number of alkyl halides is 1. The second kappa shape index (κ2) is 2.64. The minimum Gasteiger partial charge on any atom is -0.229 e. The number of halogens is 2. The highest BCUT2D eigenvalue weighted by atomic mass is 35.7. The molecule has 3 nitrogen and oxygen atoms in total. The van der Waals surface area contributed by atoms with Crippen molar-refractivity contribution in [2.24, 2.45) is 0 Å². The second-order valence-electron chi connectivity index (χ2n) is 2.13. The number of hydrogen-bond acceptors (Lipinski definition) is 2. The van der Waals surface area contributed by atoms with Crippen molar-refractivity contribution >= 4 is 19.9 Å². The van der Waals surface area contributed by atoms with Crippen LogP contribution in [-0.4, -0.2) is 25.6 Å². The molecule has 0 spiro atoms. The third kappa shape index (κ3) is 1.59. The Morgan fingerprint density at radius 1 is 1.60 bits per heavy atom. The Morgan fingerprint density at radius 2 is 2.20 bits per heavy atom. The minimum atomic E-state index is -3.82. The first kappa shape index (κ1) is 8.23. The molecule has 1 atom stereocenters. The fraction of sp³-hybridized carbons (Fsp3) is 1.00. The van der Waals surface area contributed by atoms with Gasteiger partial charge in [0.2, 0.25) is 0 Å². The van der Waals surface area contributed by atoms with Crippen LogP contribution >= 0.6 is 10.7 Å². The van der Waals surface area contributed by atoms with Gasteiger partial charge >= 0.3 is 9.24 Å². The van der Waals surface area contributed by atoms with Gasteiger partial charge in [0.25, 0.3) is 0 Å². The van der Waals surface area contributed by atoms with Gasteiger partial charge in [-0.15, -0.1) is 0 Å². The van der Waals surface area contributed by atoms with Crippen LogP contribution in [0.4, 0.5) is 4.39 Å². The second-order valence-corrected chi connectivity index (χ2v) is 4.59. The maximum atomic E-state index is 12.5. The highest BCUT2D eigenvalue weighted by Gasteiger charge is 2.32. The summed E-state index contributed by atoms with van der Waals surface area (Å²) in [6.45, 7) is 0.201. The predicted molar refractivity (Wildman–Crippen MR) is 35.6 cm³/mol. The van der Waals surface area contributed by atoms with Gasteiger partial charge in [0.05, 0.1) is 0 Å². The van der Waals surface area contributed by atoms with Crippen molar-refractivity contribution in [2.75, 3.05) is 6.54 Å². The van der Waals surface area contributed by atoms with E-state index in [1.165, 1.54) is 0 Å². The van der Waals surface area contributed by atoms with E-state index in [2.05, 4.69) is 0 Å². The van der Waals surface area contributed by atoms with Crippen molar-refractivity contribution in [1.82, 2.24) is 4.31 Å². The van der Waals surface area contributed by atoms with Gasteiger partial charge in [-0.25, -0.2) is 4.39 Å². The summed E-state index contributed by atoms with van der Waals surface area (Å²) in [5.41, 5.74) is 0. The molecule has 0 aliphatic carbocycles. The zero-order valence-corrected chi connectivity index (χ0v) is 6.70. The molecule has 0 saturated carbocycles. The maximum absolute atomic E-state index is 12.5. The smallest absolute Gasteiger partial charge is 0.229 e. The zero-order chi connectivity index (χ0) is 7.78. The maximum Gasteiger partial charge on any atom is 0.302 e. The van der Waals surface area contributed by atoms with Gasteiger partial charge in [-0.2, -0.15) is 12.7 Å². The Balaban J connectivity index is 2.74. The van der Waals surface area contributed by atoms with E-state index in [0.29, 0.717) is 10.7 Å². The van der Waals surface area contributed by atoms with Crippen molar-refractivity contribution in [3.63, 3.8) is 0 Å². The largest absolute Gasteiger partial charge is 0.302 e. The average molecular weight is 188 g/mol. The summed E-state index contributed by atoms with van der Waals surface area (Å²) in [6, 6.07) is 0. The van der Waals surface area contributed by atoms with Gasteiger partial charge in [0, 0.05) is 17.2 Å². The third-order valence-corrected chi connectivity index (χ3v) is 2.92. The summed E-state index contributed by atoms with van der Waals surface area (Å²) in [6.07, 6.45) is -0.610. The quantitative estimate of drug-likeness (QED) is 0.451. The summed E-state index contributed by atoms with van der Waals surface area (Å²) < 4.78 is 34.2. The van der Waals surface area contributed by atoms with E-state index < -0.39 is 15.5 Å². The molecule has 1 heterocycles. The number of rotatable bonds is 1. The predicted octanol–water partition coefficient (Wildman–Crippen LogP) is 0.861. The molecule has 6 heteroatoms. The Bertz CT molecular complexity index is 217. The molecule has 0 aromatic carbocycles. The lowest BCUT2D eigenvalue weighted by Crippen LogP contribution is -2.28. The van der Waals surface area contributed by atoms with Crippen LogP contribution in [0.2, 0.25) is 0 Å². The molecule has 10 heavy (non-hydrogen) atoms. The normalized spacial score (nSPS) is 29.2. The lowest BCUT2D eigenvalue weighted by molar-refractivity contribution is 0.214. The summed E-state index contributed by atoms with van der Waals surface area (Å²) in [7, 11) is 1.07. The minimum absolute atomic E-state index is 0.201. The van der Waals surface area contributed by atoms with Crippen molar-refractivity contribution in [3.8, 4) is 0 Å². The van der Waals surface area contributed by atoms with Gasteiger partial charge in [-0.05, 0) is 12.8 Å². The molecular formula is C4H7ClFNO2S. The molecule has 1 aliphatic heterocycles. The summed E-state index contributed by atoms with van der Waals surface area (Å²) >= 11 is 0. The summed E-state index contributed by atoms with van der Waals surface area (Å²) in [4.78, 5) is 0. The number of hydrogen-bond donors (Lipinski definition) is 0. The standard InChI is InChI=1S/C4H7ClFNO2S/c5-10(8,9)7-3-1-2-4(7)6/h4H,1-3H2/t4-/m1/s1. The van der Waals surface area contributed by atoms with Crippen molar-refractivity contribution in [1.29, 1.82) is 0 Å². The summed E-state index contributed by atoms with van der Waals surface area (Å²) in [5, 5.41) is 0. The van der Waals surface area contributed by atoms with Crippen LogP contribution in [0.1, 0.15) is 12.8 Å². The van der Waals surface area contributed by atoms with Gasteiger partial charge in [0.15, 0.2) is 6.30 Å². The van der Waals surface area contributed by atoms with Crippen LogP contribution in [0.25, 0.3) is 0 Å². The van der Waals surface area contributed by atoms with Crippen LogP contribution in [0, 0.1) is 0 Å². The van der Waals surface area contributed by atoms with Gasteiger partial charge in [-0.1, -0.05) is 0 Å². The van der Waals surface area contributed by atoms with Crippen LogP contribution in [0.3, 0.4) is 0 Å². The van der Waals surface area contributed by atoms with Gasteiger partial charge in [0.1, 0.15) is 0 Å². The molecular weight excluding hydrogens is 181 g/mol. The van der Waals surface area contributed by atoms with E-state index in [4.69, 9.17) is 10.7 Å². The van der Waals surface area contributed by atoms with E-state index in [0.717, 1.165) is 0 Å². The van der Waals surface area contributed by atoms with E-state index in [9.17, 15) is 12.8 Å². The average Bonchev–Trinajstić information content (AvgIpc) is 2.11. The molecule has 1 aliphatic rings. The molecule has 0 unspecified atom stereocenters. The Morgan fingerprint density at radius 3 is 2.40 bits per heavy atom. The van der Waals surface area contributed by atoms with E-state index in [1.807, 2.05) is 0 Å². The monoisotopic (exact) mass is 187 g/mol. The highest BCUT2D eigenvalue weighted by Crippen LogP contribution is 2.23. The Labute approximate surface area is 63.3 Å². The highest BCUT2D eigenvalue weighted by molar-refractivity contribution is 8.11. The van der Waals surface area contributed by atoms with Crippen LogP contribution in [0.5, 0.6) is 0 Å². The van der Waals surface area contributed by atoms with E-state index >= 15 is 0 Å². The fourth-order valence-electron chi connectivity index (χ4n) is 0.945. The van der Waals surface area contributed by atoms with E-state index in [-0.39, 0.29) is 13.0 Å². The number of nitrogens with zero attached hydrogens (tertiary/aromatic N) is 1. The topological polar surface area (TPSA) is 37.4 Å². The molecule has 0 radical (unpaired) electrons. The summed E-state index contributed by atoms with van der Waals surface area (Å²) in [5.74, 6) is 0. The van der Waals surface area contributed by atoms with E-state index in [1.54, 1.807) is 0 Å². The SMILES string of the molecule is O=S(=O)(Cl)N1CCC[C@@H]1F. The molecule has 0 bridgehead atoms. The van der Waals surface area contributed by atoms with Crippen molar-refractivity contribution in [3.05, 3.63) is 0 Å². The molecule has 60 valence electrons. The third-order valence-electron chi connectivity index (χ3n) is 1.41. The molecule has 0 aromatic heterocycles. The molecule has 1 rings (SSSR count). The lowest BCUT2D eigenvalue weighted by Gasteiger charge is -2.11. The van der Waals surface area contributed by atoms with Crippen LogP contribution in [0.15, 0.2) is 0 Å². The van der Waals surface area contributed by atoms with Crippen LogP contribution in [-0.2, 0) is 9.24 Å². The van der Waals surface area contributed by atoms with Gasteiger partial charge in [-0.3, -0.25) is 0 Å². The fourth-order valence-corrected chi connectivity index (χ4v) is 2.14. The molecule has 1 fully saturated rings. The van der Waals surface area contributed by atoms with Crippen molar-refractivity contribution in [2.45, 2.75) is 19.1 Å². The Hall–Kier alpha value is 0.130. The molecule has 1 saturated heterocycles. The molecule has 0 N–H and O–H groups in total. The van der Waals surface area contributed by atoms with Gasteiger partial charge < -0.3 is 0 Å². The molecule has 0 aromatic rings. The first-order valence-electron chi connectivity index (χ1n) is 2.87. The Kier molecular flexibility index (Phi) is 2.17. The van der Waals surface area contributed by atoms with Crippen LogP contribution < -0.4 is 0 Å².